The van der Waals surface area contributed by atoms with Gasteiger partial charge in [0.05, 0.1) is 0 Å². The van der Waals surface area contributed by atoms with E-state index in [1.54, 1.807) is 6.92 Å². The molecule has 0 aliphatic carbocycles. The van der Waals surface area contributed by atoms with Crippen LogP contribution < -0.4 is 10.1 Å². The Bertz CT molecular complexity index is 780. The number of amides is 2. The Morgan fingerprint density at radius 1 is 1.07 bits per heavy atom. The van der Waals surface area contributed by atoms with E-state index in [0.717, 1.165) is 12.0 Å². The van der Waals surface area contributed by atoms with E-state index >= 15 is 0 Å². The average Bonchev–Trinajstić information content (AvgIpc) is 2.73. The first-order chi connectivity index (χ1) is 13.9. The van der Waals surface area contributed by atoms with Crippen LogP contribution in [-0.2, 0) is 16.0 Å². The normalized spacial score (nSPS) is 12.7. The van der Waals surface area contributed by atoms with Crippen LogP contribution >= 0.6 is 0 Å². The van der Waals surface area contributed by atoms with Gasteiger partial charge in [0, 0.05) is 12.6 Å². The largest absolute Gasteiger partial charge is 0.484 e. The molecule has 0 saturated carbocycles. The highest BCUT2D eigenvalue weighted by atomic mass is 19.1. The molecular formula is C23H29FN2O3. The second kappa shape index (κ2) is 11.2. The molecular weight excluding hydrogens is 371 g/mol. The van der Waals surface area contributed by atoms with Gasteiger partial charge in [-0.3, -0.25) is 9.59 Å². The van der Waals surface area contributed by atoms with Crippen LogP contribution in [0.25, 0.3) is 0 Å². The lowest BCUT2D eigenvalue weighted by Gasteiger charge is -2.29. The maximum atomic E-state index is 13.0. The van der Waals surface area contributed by atoms with E-state index in [9.17, 15) is 14.0 Å². The van der Waals surface area contributed by atoms with Gasteiger partial charge in [-0.2, -0.15) is 0 Å². The van der Waals surface area contributed by atoms with Crippen LogP contribution in [0.3, 0.4) is 0 Å². The minimum absolute atomic E-state index is 0.0338. The van der Waals surface area contributed by atoms with E-state index in [1.807, 2.05) is 44.2 Å². The second-order valence-corrected chi connectivity index (χ2v) is 7.06. The number of nitrogens with one attached hydrogen (secondary N) is 1. The molecule has 2 atom stereocenters. The number of hydrogen-bond donors (Lipinski definition) is 1. The zero-order valence-corrected chi connectivity index (χ0v) is 17.2. The number of rotatable bonds is 10. The van der Waals surface area contributed by atoms with Crippen LogP contribution in [0, 0.1) is 5.82 Å². The van der Waals surface area contributed by atoms with Crippen molar-refractivity contribution in [3.63, 3.8) is 0 Å². The fourth-order valence-corrected chi connectivity index (χ4v) is 2.79. The predicted molar refractivity (Wildman–Crippen MR) is 111 cm³/mol. The Balaban J connectivity index is 2.05. The third kappa shape index (κ3) is 7.22. The van der Waals surface area contributed by atoms with Crippen LogP contribution in [-0.4, -0.2) is 41.9 Å². The first kappa shape index (κ1) is 22.4. The molecule has 29 heavy (non-hydrogen) atoms. The van der Waals surface area contributed by atoms with E-state index in [-0.39, 0.29) is 30.3 Å². The molecule has 1 N–H and O–H groups in total. The molecule has 0 saturated heterocycles. The van der Waals surface area contributed by atoms with Crippen LogP contribution in [0.4, 0.5) is 4.39 Å². The van der Waals surface area contributed by atoms with E-state index in [1.165, 1.54) is 29.2 Å². The Morgan fingerprint density at radius 2 is 1.72 bits per heavy atom. The van der Waals surface area contributed by atoms with E-state index < -0.39 is 6.04 Å². The van der Waals surface area contributed by atoms with Gasteiger partial charge in [-0.25, -0.2) is 4.39 Å². The number of benzene rings is 2. The van der Waals surface area contributed by atoms with Crippen molar-refractivity contribution < 1.29 is 18.7 Å². The number of carbonyl (C=O) groups is 2. The number of carbonyl (C=O) groups excluding carboxylic acids is 2. The molecule has 2 rings (SSSR count). The molecule has 2 unspecified atom stereocenters. The number of nitrogens with zero attached hydrogens (tertiary/aromatic N) is 1. The minimum atomic E-state index is -0.628. The van der Waals surface area contributed by atoms with Crippen LogP contribution in [0.1, 0.15) is 32.8 Å². The molecule has 2 aromatic rings. The summed E-state index contributed by atoms with van der Waals surface area (Å²) in [7, 11) is 0. The Morgan fingerprint density at radius 3 is 2.34 bits per heavy atom. The molecule has 2 aromatic carbocycles. The van der Waals surface area contributed by atoms with Crippen molar-refractivity contribution in [2.75, 3.05) is 13.2 Å². The van der Waals surface area contributed by atoms with Gasteiger partial charge < -0.3 is 15.0 Å². The molecule has 6 heteroatoms. The molecule has 0 fully saturated rings. The summed E-state index contributed by atoms with van der Waals surface area (Å²) in [5.74, 6) is -0.456. The zero-order chi connectivity index (χ0) is 21.2. The van der Waals surface area contributed by atoms with E-state index in [2.05, 4.69) is 5.32 Å². The highest BCUT2D eigenvalue weighted by molar-refractivity contribution is 5.88. The smallest absolute Gasteiger partial charge is 0.261 e. The maximum absolute atomic E-state index is 13.0. The average molecular weight is 400 g/mol. The summed E-state index contributed by atoms with van der Waals surface area (Å²) in [5, 5.41) is 2.93. The Kier molecular flexibility index (Phi) is 8.65. The Hall–Kier alpha value is -2.89. The minimum Gasteiger partial charge on any atom is -0.484 e. The van der Waals surface area contributed by atoms with Gasteiger partial charge >= 0.3 is 0 Å². The van der Waals surface area contributed by atoms with Gasteiger partial charge in [-0.15, -0.1) is 0 Å². The van der Waals surface area contributed by atoms with Crippen molar-refractivity contribution in [1.82, 2.24) is 10.2 Å². The van der Waals surface area contributed by atoms with Crippen LogP contribution in [0.2, 0.25) is 0 Å². The molecule has 0 aliphatic rings. The summed E-state index contributed by atoms with van der Waals surface area (Å²) < 4.78 is 18.5. The van der Waals surface area contributed by atoms with Gasteiger partial charge in [0.25, 0.3) is 5.91 Å². The summed E-state index contributed by atoms with van der Waals surface area (Å²) in [5.41, 5.74) is 1.08. The zero-order valence-electron chi connectivity index (χ0n) is 17.2. The number of ether oxygens (including phenoxy) is 1. The lowest BCUT2D eigenvalue weighted by atomic mass is 10.1. The topological polar surface area (TPSA) is 58.6 Å². The van der Waals surface area contributed by atoms with Crippen molar-refractivity contribution in [1.29, 1.82) is 0 Å². The molecule has 0 aromatic heterocycles. The molecule has 0 spiro atoms. The monoisotopic (exact) mass is 400 g/mol. The summed E-state index contributed by atoms with van der Waals surface area (Å²) in [6.45, 7) is 5.81. The fourth-order valence-electron chi connectivity index (χ4n) is 2.79. The SMILES string of the molecule is CCC(C)NC(=O)C(C)N(CCc1ccccc1)C(=O)COc1ccc(F)cc1. The van der Waals surface area contributed by atoms with Gasteiger partial charge in [-0.1, -0.05) is 37.3 Å². The molecule has 0 bridgehead atoms. The molecule has 156 valence electrons. The molecule has 5 nitrogen and oxygen atoms in total. The van der Waals surface area contributed by atoms with E-state index in [4.69, 9.17) is 4.74 Å². The second-order valence-electron chi connectivity index (χ2n) is 7.06. The quantitative estimate of drug-likeness (QED) is 0.663. The van der Waals surface area contributed by atoms with Crippen molar-refractivity contribution in [3.8, 4) is 5.75 Å². The van der Waals surface area contributed by atoms with Gasteiger partial charge in [0.1, 0.15) is 17.6 Å². The third-order valence-corrected chi connectivity index (χ3v) is 4.83. The van der Waals surface area contributed by atoms with E-state index in [0.29, 0.717) is 18.7 Å². The van der Waals surface area contributed by atoms with Crippen LogP contribution in [0.5, 0.6) is 5.75 Å². The van der Waals surface area contributed by atoms with Gasteiger partial charge in [0.2, 0.25) is 5.91 Å². The summed E-state index contributed by atoms with van der Waals surface area (Å²) in [6, 6.07) is 14.7. The standard InChI is InChI=1S/C23H29FN2O3/c1-4-17(2)25-23(28)18(3)26(15-14-19-8-6-5-7-9-19)22(27)16-29-21-12-10-20(24)11-13-21/h5-13,17-18H,4,14-16H2,1-3H3,(H,25,28). The highest BCUT2D eigenvalue weighted by Crippen LogP contribution is 2.12. The fraction of sp³-hybridized carbons (Fsp3) is 0.391. The van der Waals surface area contributed by atoms with Crippen molar-refractivity contribution >= 4 is 11.8 Å². The summed E-state index contributed by atoms with van der Waals surface area (Å²) >= 11 is 0. The summed E-state index contributed by atoms with van der Waals surface area (Å²) in [4.78, 5) is 27.0. The van der Waals surface area contributed by atoms with Gasteiger partial charge in [0.15, 0.2) is 6.61 Å². The molecule has 0 radical (unpaired) electrons. The lowest BCUT2D eigenvalue weighted by Crippen LogP contribution is -2.51. The maximum Gasteiger partial charge on any atom is 0.261 e. The molecule has 0 aliphatic heterocycles. The van der Waals surface area contributed by atoms with Gasteiger partial charge in [-0.05, 0) is 56.5 Å². The van der Waals surface area contributed by atoms with Crippen LogP contribution in [0.15, 0.2) is 54.6 Å². The molecule has 2 amide bonds. The first-order valence-corrected chi connectivity index (χ1v) is 9.92. The third-order valence-electron chi connectivity index (χ3n) is 4.83. The number of hydrogen-bond acceptors (Lipinski definition) is 3. The van der Waals surface area contributed by atoms with Crippen molar-refractivity contribution in [3.05, 3.63) is 66.0 Å². The first-order valence-electron chi connectivity index (χ1n) is 9.92. The van der Waals surface area contributed by atoms with Crippen molar-refractivity contribution in [2.45, 2.75) is 45.7 Å². The predicted octanol–water partition coefficient (Wildman–Crippen LogP) is 3.58. The Labute approximate surface area is 171 Å². The highest BCUT2D eigenvalue weighted by Gasteiger charge is 2.26. The van der Waals surface area contributed by atoms with Crippen molar-refractivity contribution in [2.24, 2.45) is 0 Å². The number of halogens is 1. The molecule has 0 heterocycles. The lowest BCUT2D eigenvalue weighted by molar-refractivity contribution is -0.141. The summed E-state index contributed by atoms with van der Waals surface area (Å²) in [6.07, 6.45) is 1.44.